The molecule has 0 unspecified atom stereocenters. The van der Waals surface area contributed by atoms with Crippen LogP contribution in [0.4, 0.5) is 11.6 Å². The number of aromatic nitrogens is 2. The molecule has 1 amide bonds. The number of carbonyl (C=O) groups excluding carboxylic acids is 1. The van der Waals surface area contributed by atoms with Gasteiger partial charge in [-0.1, -0.05) is 17.7 Å². The quantitative estimate of drug-likeness (QED) is 0.845. The minimum atomic E-state index is -0.407. The summed E-state index contributed by atoms with van der Waals surface area (Å²) in [5.41, 5.74) is 1.14. The van der Waals surface area contributed by atoms with E-state index in [4.69, 9.17) is 14.2 Å². The zero-order valence-corrected chi connectivity index (χ0v) is 15.9. The van der Waals surface area contributed by atoms with Gasteiger partial charge in [0.2, 0.25) is 0 Å². The normalized spacial score (nSPS) is 18.2. The Hall–Kier alpha value is -2.71. The van der Waals surface area contributed by atoms with E-state index in [1.165, 1.54) is 0 Å². The van der Waals surface area contributed by atoms with E-state index in [0.29, 0.717) is 24.8 Å². The average Bonchev–Trinajstić information content (AvgIpc) is 3.17. The van der Waals surface area contributed by atoms with Crippen LogP contribution in [0, 0.1) is 6.92 Å². The number of aryl methyl sites for hydroxylation is 1. The standard InChI is InChI=1S/C20H24N4O4/c1-15-2-4-16(5-3-15)26-14-19(25)21-17-6-7-18(23-22-17)24-10-8-20(9-11-24)27-12-13-28-20/h2-7H,8-14H2,1H3,(H,21,22,25). The number of nitrogens with zero attached hydrogens (tertiary/aromatic N) is 3. The highest BCUT2D eigenvalue weighted by atomic mass is 16.7. The summed E-state index contributed by atoms with van der Waals surface area (Å²) in [5.74, 6) is 1.15. The summed E-state index contributed by atoms with van der Waals surface area (Å²) in [6, 6.07) is 11.1. The Morgan fingerprint density at radius 3 is 2.46 bits per heavy atom. The predicted octanol–water partition coefficient (Wildman–Crippen LogP) is 2.15. The van der Waals surface area contributed by atoms with Gasteiger partial charge in [0.25, 0.3) is 5.91 Å². The average molecular weight is 384 g/mol. The van der Waals surface area contributed by atoms with Crippen LogP contribution in [0.1, 0.15) is 18.4 Å². The number of anilines is 2. The lowest BCUT2D eigenvalue weighted by Gasteiger charge is -2.37. The number of hydrogen-bond acceptors (Lipinski definition) is 7. The highest BCUT2D eigenvalue weighted by Gasteiger charge is 2.40. The van der Waals surface area contributed by atoms with Gasteiger partial charge in [0.05, 0.1) is 13.2 Å². The van der Waals surface area contributed by atoms with Gasteiger partial charge >= 0.3 is 0 Å². The number of ether oxygens (including phenoxy) is 3. The van der Waals surface area contributed by atoms with Gasteiger partial charge < -0.3 is 24.4 Å². The Labute approximate surface area is 163 Å². The molecule has 4 rings (SSSR count). The molecular weight excluding hydrogens is 360 g/mol. The highest BCUT2D eigenvalue weighted by Crippen LogP contribution is 2.32. The monoisotopic (exact) mass is 384 g/mol. The van der Waals surface area contributed by atoms with E-state index in [1.807, 2.05) is 37.3 Å². The SMILES string of the molecule is Cc1ccc(OCC(=O)Nc2ccc(N3CCC4(CC3)OCCO4)nn2)cc1. The topological polar surface area (TPSA) is 85.8 Å². The van der Waals surface area contributed by atoms with Crippen molar-refractivity contribution in [1.29, 1.82) is 0 Å². The Kier molecular flexibility index (Phi) is 5.40. The fourth-order valence-corrected chi connectivity index (χ4v) is 3.39. The van der Waals surface area contributed by atoms with Crippen LogP contribution in [0.5, 0.6) is 5.75 Å². The van der Waals surface area contributed by atoms with E-state index < -0.39 is 5.79 Å². The van der Waals surface area contributed by atoms with Crippen molar-refractivity contribution in [2.24, 2.45) is 0 Å². The third-order valence-corrected chi connectivity index (χ3v) is 4.97. The predicted molar refractivity (Wildman–Crippen MR) is 103 cm³/mol. The molecule has 0 radical (unpaired) electrons. The van der Waals surface area contributed by atoms with Crippen LogP contribution in [-0.2, 0) is 14.3 Å². The smallest absolute Gasteiger partial charge is 0.263 e. The van der Waals surface area contributed by atoms with Gasteiger partial charge in [-0.05, 0) is 31.2 Å². The van der Waals surface area contributed by atoms with Crippen molar-refractivity contribution in [3.8, 4) is 5.75 Å². The summed E-state index contributed by atoms with van der Waals surface area (Å²) in [6.07, 6.45) is 1.62. The third kappa shape index (κ3) is 4.40. The molecule has 0 bridgehead atoms. The maximum absolute atomic E-state index is 12.0. The number of benzene rings is 1. The summed E-state index contributed by atoms with van der Waals surface area (Å²) >= 11 is 0. The molecule has 2 aliphatic rings. The van der Waals surface area contributed by atoms with Crippen molar-refractivity contribution >= 4 is 17.5 Å². The van der Waals surface area contributed by atoms with Crippen LogP contribution in [-0.4, -0.2) is 54.8 Å². The molecule has 8 nitrogen and oxygen atoms in total. The number of rotatable bonds is 5. The summed E-state index contributed by atoms with van der Waals surface area (Å²) in [4.78, 5) is 14.2. The molecule has 8 heteroatoms. The number of piperidine rings is 1. The van der Waals surface area contributed by atoms with E-state index in [9.17, 15) is 4.79 Å². The molecule has 1 spiro atoms. The summed E-state index contributed by atoms with van der Waals surface area (Å²) in [5, 5.41) is 11.0. The summed E-state index contributed by atoms with van der Waals surface area (Å²) in [6.45, 7) is 4.84. The zero-order chi connectivity index (χ0) is 19.4. The van der Waals surface area contributed by atoms with Gasteiger partial charge in [0.15, 0.2) is 24.0 Å². The van der Waals surface area contributed by atoms with Gasteiger partial charge in [0.1, 0.15) is 5.75 Å². The molecule has 2 aromatic rings. The largest absolute Gasteiger partial charge is 0.484 e. The number of nitrogens with one attached hydrogen (secondary N) is 1. The lowest BCUT2D eigenvalue weighted by molar-refractivity contribution is -0.169. The Morgan fingerprint density at radius 2 is 1.82 bits per heavy atom. The maximum Gasteiger partial charge on any atom is 0.263 e. The first-order valence-electron chi connectivity index (χ1n) is 9.48. The van der Waals surface area contributed by atoms with Crippen LogP contribution in [0.2, 0.25) is 0 Å². The number of carbonyl (C=O) groups is 1. The second kappa shape index (κ2) is 8.12. The van der Waals surface area contributed by atoms with Gasteiger partial charge in [0, 0.05) is 25.9 Å². The van der Waals surface area contributed by atoms with Crippen LogP contribution < -0.4 is 15.0 Å². The molecule has 2 aliphatic heterocycles. The maximum atomic E-state index is 12.0. The van der Waals surface area contributed by atoms with Crippen molar-refractivity contribution in [3.05, 3.63) is 42.0 Å². The fourth-order valence-electron chi connectivity index (χ4n) is 3.39. The van der Waals surface area contributed by atoms with Gasteiger partial charge in [-0.3, -0.25) is 4.79 Å². The van der Waals surface area contributed by atoms with Gasteiger partial charge in [-0.2, -0.15) is 0 Å². The van der Waals surface area contributed by atoms with E-state index in [1.54, 1.807) is 6.07 Å². The van der Waals surface area contributed by atoms with E-state index in [-0.39, 0.29) is 12.5 Å². The molecule has 1 aromatic heterocycles. The molecule has 2 fully saturated rings. The van der Waals surface area contributed by atoms with Crippen molar-refractivity contribution in [2.75, 3.05) is 43.1 Å². The molecule has 0 atom stereocenters. The van der Waals surface area contributed by atoms with Crippen molar-refractivity contribution in [3.63, 3.8) is 0 Å². The molecule has 0 saturated carbocycles. The lowest BCUT2D eigenvalue weighted by Crippen LogP contribution is -2.45. The van der Waals surface area contributed by atoms with E-state index >= 15 is 0 Å². The van der Waals surface area contributed by atoms with Crippen molar-refractivity contribution in [1.82, 2.24) is 10.2 Å². The molecule has 2 saturated heterocycles. The summed E-state index contributed by atoms with van der Waals surface area (Å²) < 4.78 is 17.0. The third-order valence-electron chi connectivity index (χ3n) is 4.97. The van der Waals surface area contributed by atoms with Crippen LogP contribution in [0.3, 0.4) is 0 Å². The molecule has 28 heavy (non-hydrogen) atoms. The lowest BCUT2D eigenvalue weighted by atomic mass is 10.0. The minimum Gasteiger partial charge on any atom is -0.484 e. The minimum absolute atomic E-state index is 0.0826. The van der Waals surface area contributed by atoms with Crippen molar-refractivity contribution in [2.45, 2.75) is 25.6 Å². The Bertz CT molecular complexity index is 794. The second-order valence-electron chi connectivity index (χ2n) is 7.02. The number of amides is 1. The molecule has 3 heterocycles. The van der Waals surface area contributed by atoms with E-state index in [0.717, 1.165) is 37.3 Å². The fraction of sp³-hybridized carbons (Fsp3) is 0.450. The van der Waals surface area contributed by atoms with Gasteiger partial charge in [-0.25, -0.2) is 0 Å². The molecule has 1 N–H and O–H groups in total. The Morgan fingerprint density at radius 1 is 1.11 bits per heavy atom. The number of hydrogen-bond donors (Lipinski definition) is 1. The molecule has 148 valence electrons. The highest BCUT2D eigenvalue weighted by molar-refractivity contribution is 5.90. The zero-order valence-electron chi connectivity index (χ0n) is 15.9. The Balaban J connectivity index is 1.26. The first-order chi connectivity index (χ1) is 13.6. The van der Waals surface area contributed by atoms with E-state index in [2.05, 4.69) is 20.4 Å². The van der Waals surface area contributed by atoms with Crippen LogP contribution in [0.25, 0.3) is 0 Å². The first kappa shape index (κ1) is 18.6. The van der Waals surface area contributed by atoms with Crippen LogP contribution in [0.15, 0.2) is 36.4 Å². The molecule has 0 aliphatic carbocycles. The molecule has 1 aromatic carbocycles. The van der Waals surface area contributed by atoms with Crippen LogP contribution >= 0.6 is 0 Å². The van der Waals surface area contributed by atoms with Crippen molar-refractivity contribution < 1.29 is 19.0 Å². The second-order valence-corrected chi connectivity index (χ2v) is 7.02. The first-order valence-corrected chi connectivity index (χ1v) is 9.48. The van der Waals surface area contributed by atoms with Gasteiger partial charge in [-0.15, -0.1) is 10.2 Å². The molecular formula is C20H24N4O4. The summed E-state index contributed by atoms with van der Waals surface area (Å²) in [7, 11) is 0.